The summed E-state index contributed by atoms with van der Waals surface area (Å²) in [4.78, 5) is 2.12. The van der Waals surface area contributed by atoms with Crippen molar-refractivity contribution in [1.29, 1.82) is 0 Å². The number of likely N-dealkylation sites (N-methyl/N-ethyl adjacent to an activating group) is 1. The molecule has 0 aliphatic rings. The van der Waals surface area contributed by atoms with E-state index < -0.39 is 11.6 Å². The van der Waals surface area contributed by atoms with Crippen molar-refractivity contribution in [1.82, 2.24) is 4.90 Å². The Morgan fingerprint density at radius 1 is 1.24 bits per heavy atom. The molecule has 0 amide bonds. The van der Waals surface area contributed by atoms with Crippen molar-refractivity contribution >= 4 is 5.69 Å². The SMILES string of the molecule is CCN(CC)CCOc1c(N)ccc(F)c1F. The Kier molecular flexibility index (Phi) is 5.15. The van der Waals surface area contributed by atoms with Crippen LogP contribution < -0.4 is 10.5 Å². The lowest BCUT2D eigenvalue weighted by molar-refractivity contribution is 0.216. The second kappa shape index (κ2) is 6.39. The van der Waals surface area contributed by atoms with Crippen molar-refractivity contribution in [3.63, 3.8) is 0 Å². The van der Waals surface area contributed by atoms with Crippen LogP contribution in [0.25, 0.3) is 0 Å². The molecule has 0 heterocycles. The minimum absolute atomic E-state index is 0.114. The maximum Gasteiger partial charge on any atom is 0.202 e. The molecule has 1 rings (SSSR count). The van der Waals surface area contributed by atoms with E-state index in [1.54, 1.807) is 0 Å². The third-order valence-corrected chi connectivity index (χ3v) is 2.63. The van der Waals surface area contributed by atoms with E-state index in [2.05, 4.69) is 4.90 Å². The maximum atomic E-state index is 13.4. The Balaban J connectivity index is 2.60. The van der Waals surface area contributed by atoms with Gasteiger partial charge in [0.25, 0.3) is 0 Å². The van der Waals surface area contributed by atoms with Crippen LogP contribution in [0, 0.1) is 11.6 Å². The first-order valence-electron chi connectivity index (χ1n) is 5.68. The maximum absolute atomic E-state index is 13.4. The van der Waals surface area contributed by atoms with Gasteiger partial charge in [-0.05, 0) is 25.2 Å². The summed E-state index contributed by atoms with van der Waals surface area (Å²) >= 11 is 0. The van der Waals surface area contributed by atoms with Gasteiger partial charge in [-0.2, -0.15) is 4.39 Å². The van der Waals surface area contributed by atoms with Crippen molar-refractivity contribution in [2.24, 2.45) is 0 Å². The average molecular weight is 244 g/mol. The Bertz CT molecular complexity index is 368. The van der Waals surface area contributed by atoms with Crippen LogP contribution in [-0.2, 0) is 0 Å². The van der Waals surface area contributed by atoms with Crippen molar-refractivity contribution in [3.05, 3.63) is 23.8 Å². The van der Waals surface area contributed by atoms with Gasteiger partial charge in [0.1, 0.15) is 6.61 Å². The lowest BCUT2D eigenvalue weighted by Crippen LogP contribution is -2.28. The van der Waals surface area contributed by atoms with Gasteiger partial charge in [0, 0.05) is 6.54 Å². The summed E-state index contributed by atoms with van der Waals surface area (Å²) in [6, 6.07) is 2.28. The zero-order chi connectivity index (χ0) is 12.8. The lowest BCUT2D eigenvalue weighted by atomic mass is 10.3. The summed E-state index contributed by atoms with van der Waals surface area (Å²) in [5.74, 6) is -2.17. The third-order valence-electron chi connectivity index (χ3n) is 2.63. The fourth-order valence-electron chi connectivity index (χ4n) is 1.51. The lowest BCUT2D eigenvalue weighted by Gasteiger charge is -2.18. The summed E-state index contributed by atoms with van der Waals surface area (Å²) in [5, 5.41) is 0. The molecule has 0 aromatic heterocycles. The highest BCUT2D eigenvalue weighted by atomic mass is 19.2. The minimum atomic E-state index is -1.02. The molecule has 5 heteroatoms. The van der Waals surface area contributed by atoms with Crippen LogP contribution in [0.2, 0.25) is 0 Å². The molecular formula is C12H18F2N2O. The molecule has 0 bridgehead atoms. The number of nitrogen functional groups attached to an aromatic ring is 1. The number of ether oxygens (including phenoxy) is 1. The first kappa shape index (κ1) is 13.7. The summed E-state index contributed by atoms with van der Waals surface area (Å²) in [7, 11) is 0. The molecule has 2 N–H and O–H groups in total. The highest BCUT2D eigenvalue weighted by Gasteiger charge is 2.13. The molecule has 1 aromatic rings. The molecule has 0 saturated heterocycles. The quantitative estimate of drug-likeness (QED) is 0.780. The molecule has 1 aromatic carbocycles. The molecule has 3 nitrogen and oxygen atoms in total. The zero-order valence-corrected chi connectivity index (χ0v) is 10.2. The first-order valence-corrected chi connectivity index (χ1v) is 5.68. The number of benzene rings is 1. The van der Waals surface area contributed by atoms with E-state index in [9.17, 15) is 8.78 Å². The molecule has 0 radical (unpaired) electrons. The monoisotopic (exact) mass is 244 g/mol. The largest absolute Gasteiger partial charge is 0.487 e. The Morgan fingerprint density at radius 3 is 2.47 bits per heavy atom. The molecule has 0 aliphatic carbocycles. The van der Waals surface area contributed by atoms with Crippen molar-refractivity contribution in [3.8, 4) is 5.75 Å². The van der Waals surface area contributed by atoms with Gasteiger partial charge in [-0.1, -0.05) is 13.8 Å². The molecule has 0 spiro atoms. The summed E-state index contributed by atoms with van der Waals surface area (Å²) in [5.41, 5.74) is 5.64. The minimum Gasteiger partial charge on any atom is -0.487 e. The third kappa shape index (κ3) is 3.56. The molecule has 0 unspecified atom stereocenters. The fourth-order valence-corrected chi connectivity index (χ4v) is 1.51. The Morgan fingerprint density at radius 2 is 1.88 bits per heavy atom. The standard InChI is InChI=1S/C12H18F2N2O/c1-3-16(4-2)7-8-17-12-10(15)6-5-9(13)11(12)14/h5-6H,3-4,7-8,15H2,1-2H3. The highest BCUT2D eigenvalue weighted by Crippen LogP contribution is 2.26. The van der Waals surface area contributed by atoms with E-state index in [0.29, 0.717) is 6.54 Å². The first-order chi connectivity index (χ1) is 8.10. The van der Waals surface area contributed by atoms with Gasteiger partial charge in [0.15, 0.2) is 11.6 Å². The number of halogens is 2. The highest BCUT2D eigenvalue weighted by molar-refractivity contribution is 5.53. The number of nitrogens with zero attached hydrogens (tertiary/aromatic N) is 1. The molecule has 0 saturated carbocycles. The molecular weight excluding hydrogens is 226 g/mol. The predicted octanol–water partition coefficient (Wildman–Crippen LogP) is 2.27. The van der Waals surface area contributed by atoms with E-state index in [1.807, 2.05) is 13.8 Å². The zero-order valence-electron chi connectivity index (χ0n) is 10.2. The van der Waals surface area contributed by atoms with Gasteiger partial charge in [-0.15, -0.1) is 0 Å². The van der Waals surface area contributed by atoms with E-state index >= 15 is 0 Å². The van der Waals surface area contributed by atoms with Gasteiger partial charge in [0.2, 0.25) is 5.82 Å². The smallest absolute Gasteiger partial charge is 0.202 e. The van der Waals surface area contributed by atoms with Crippen molar-refractivity contribution in [2.45, 2.75) is 13.8 Å². The van der Waals surface area contributed by atoms with Crippen LogP contribution in [0.1, 0.15) is 13.8 Å². The number of nitrogens with two attached hydrogens (primary N) is 1. The summed E-state index contributed by atoms with van der Waals surface area (Å²) in [6.45, 7) is 6.78. The van der Waals surface area contributed by atoms with E-state index in [0.717, 1.165) is 19.2 Å². The number of hydrogen-bond donors (Lipinski definition) is 1. The van der Waals surface area contributed by atoms with E-state index in [-0.39, 0.29) is 18.0 Å². The topological polar surface area (TPSA) is 38.5 Å². The molecule has 0 aliphatic heterocycles. The van der Waals surface area contributed by atoms with E-state index in [4.69, 9.17) is 10.5 Å². The normalized spacial score (nSPS) is 10.9. The second-order valence-corrected chi connectivity index (χ2v) is 3.66. The van der Waals surface area contributed by atoms with Gasteiger partial charge in [0.05, 0.1) is 5.69 Å². The number of anilines is 1. The summed E-state index contributed by atoms with van der Waals surface area (Å²) in [6.07, 6.45) is 0. The molecule has 96 valence electrons. The van der Waals surface area contributed by atoms with Gasteiger partial charge in [-0.3, -0.25) is 0 Å². The van der Waals surface area contributed by atoms with Crippen LogP contribution in [0.3, 0.4) is 0 Å². The summed E-state index contributed by atoms with van der Waals surface area (Å²) < 4.78 is 31.5. The second-order valence-electron chi connectivity index (χ2n) is 3.66. The molecule has 0 atom stereocenters. The molecule has 0 fully saturated rings. The van der Waals surface area contributed by atoms with Gasteiger partial charge < -0.3 is 15.4 Å². The van der Waals surface area contributed by atoms with Gasteiger partial charge in [-0.25, -0.2) is 4.39 Å². The molecule has 17 heavy (non-hydrogen) atoms. The fraction of sp³-hybridized carbons (Fsp3) is 0.500. The van der Waals surface area contributed by atoms with Crippen LogP contribution in [0.4, 0.5) is 14.5 Å². The Labute approximate surface area is 100 Å². The van der Waals surface area contributed by atoms with Crippen LogP contribution in [0.5, 0.6) is 5.75 Å². The Hall–Kier alpha value is -1.36. The van der Waals surface area contributed by atoms with Crippen molar-refractivity contribution in [2.75, 3.05) is 32.0 Å². The van der Waals surface area contributed by atoms with Gasteiger partial charge >= 0.3 is 0 Å². The van der Waals surface area contributed by atoms with E-state index in [1.165, 1.54) is 6.07 Å². The number of hydrogen-bond acceptors (Lipinski definition) is 3. The van der Waals surface area contributed by atoms with Crippen LogP contribution in [0.15, 0.2) is 12.1 Å². The number of rotatable bonds is 6. The predicted molar refractivity (Wildman–Crippen MR) is 64.1 cm³/mol. The average Bonchev–Trinajstić information content (AvgIpc) is 2.33. The van der Waals surface area contributed by atoms with Crippen LogP contribution >= 0.6 is 0 Å². The van der Waals surface area contributed by atoms with Crippen molar-refractivity contribution < 1.29 is 13.5 Å². The van der Waals surface area contributed by atoms with Crippen LogP contribution in [-0.4, -0.2) is 31.1 Å².